The number of hydrogen-bond donors (Lipinski definition) is 1. The fourth-order valence-corrected chi connectivity index (χ4v) is 2.14. The van der Waals surface area contributed by atoms with Gasteiger partial charge in [0.05, 0.1) is 0 Å². The summed E-state index contributed by atoms with van der Waals surface area (Å²) >= 11 is 0. The molecular weight excluding hydrogens is 248 g/mol. The molecule has 1 aromatic heterocycles. The van der Waals surface area contributed by atoms with E-state index in [-0.39, 0.29) is 12.4 Å². The second-order valence-electron chi connectivity index (χ2n) is 4.39. The van der Waals surface area contributed by atoms with Gasteiger partial charge in [-0.15, -0.1) is 0 Å². The monoisotopic (exact) mass is 260 g/mol. The van der Waals surface area contributed by atoms with Crippen LogP contribution in [0.2, 0.25) is 0 Å². The Morgan fingerprint density at radius 3 is 2.74 bits per heavy atom. The van der Waals surface area contributed by atoms with Crippen molar-refractivity contribution >= 4 is 5.97 Å². The van der Waals surface area contributed by atoms with Gasteiger partial charge in [0.1, 0.15) is 11.3 Å². The average molecular weight is 260 g/mol. The van der Waals surface area contributed by atoms with Crippen LogP contribution in [0, 0.1) is 6.92 Å². The predicted octanol–water partition coefficient (Wildman–Crippen LogP) is 1.82. The molecule has 0 amide bonds. The first-order valence-corrected chi connectivity index (χ1v) is 5.74. The van der Waals surface area contributed by atoms with Gasteiger partial charge in [0.2, 0.25) is 6.79 Å². The highest BCUT2D eigenvalue weighted by Crippen LogP contribution is 2.38. The van der Waals surface area contributed by atoms with Crippen molar-refractivity contribution in [3.05, 3.63) is 29.5 Å². The Balaban J connectivity index is 2.20. The van der Waals surface area contributed by atoms with Crippen LogP contribution in [0.25, 0.3) is 11.3 Å². The van der Waals surface area contributed by atoms with E-state index in [1.165, 1.54) is 10.9 Å². The van der Waals surface area contributed by atoms with Crippen molar-refractivity contribution in [1.29, 1.82) is 0 Å². The number of ether oxygens (including phenoxy) is 2. The number of aromatic nitrogens is 2. The van der Waals surface area contributed by atoms with E-state index in [1.54, 1.807) is 13.1 Å². The molecule has 0 radical (unpaired) electrons. The van der Waals surface area contributed by atoms with E-state index in [0.29, 0.717) is 17.2 Å². The Kier molecular flexibility index (Phi) is 2.45. The van der Waals surface area contributed by atoms with Gasteiger partial charge < -0.3 is 14.6 Å². The zero-order valence-electron chi connectivity index (χ0n) is 10.5. The molecular formula is C13H12N2O4. The second kappa shape index (κ2) is 4.01. The van der Waals surface area contributed by atoms with Crippen molar-refractivity contribution in [2.45, 2.75) is 6.92 Å². The van der Waals surface area contributed by atoms with Crippen LogP contribution >= 0.6 is 0 Å². The van der Waals surface area contributed by atoms with Gasteiger partial charge in [0, 0.05) is 18.8 Å². The molecule has 1 N–H and O–H groups in total. The highest BCUT2D eigenvalue weighted by atomic mass is 16.7. The number of carboxylic acids is 1. The topological polar surface area (TPSA) is 73.6 Å². The first-order chi connectivity index (χ1) is 9.06. The Bertz CT molecular complexity index is 676. The summed E-state index contributed by atoms with van der Waals surface area (Å²) in [4.78, 5) is 11.2. The van der Waals surface area contributed by atoms with Crippen LogP contribution < -0.4 is 9.47 Å². The lowest BCUT2D eigenvalue weighted by atomic mass is 10.0. The molecule has 1 aliphatic rings. The molecule has 6 nitrogen and oxygen atoms in total. The summed E-state index contributed by atoms with van der Waals surface area (Å²) in [6, 6.07) is 3.60. The SMILES string of the molecule is Cc1cc2c(cc1-c1nn(C)cc1C(=O)O)OCO2. The summed E-state index contributed by atoms with van der Waals surface area (Å²) in [5.41, 5.74) is 2.24. The molecule has 1 aliphatic heterocycles. The van der Waals surface area contributed by atoms with Crippen molar-refractivity contribution in [3.8, 4) is 22.8 Å². The Morgan fingerprint density at radius 2 is 2.05 bits per heavy atom. The molecule has 0 bridgehead atoms. The molecule has 0 saturated carbocycles. The molecule has 0 saturated heterocycles. The predicted molar refractivity (Wildman–Crippen MR) is 66.5 cm³/mol. The summed E-state index contributed by atoms with van der Waals surface area (Å²) in [6.07, 6.45) is 1.49. The summed E-state index contributed by atoms with van der Waals surface area (Å²) < 4.78 is 12.1. The largest absolute Gasteiger partial charge is 0.478 e. The van der Waals surface area contributed by atoms with Gasteiger partial charge in [-0.3, -0.25) is 4.68 Å². The van der Waals surface area contributed by atoms with E-state index in [1.807, 2.05) is 13.0 Å². The van der Waals surface area contributed by atoms with Crippen LogP contribution in [0.4, 0.5) is 0 Å². The van der Waals surface area contributed by atoms with Crippen molar-refractivity contribution in [2.75, 3.05) is 6.79 Å². The molecule has 19 heavy (non-hydrogen) atoms. The number of aromatic carboxylic acids is 1. The minimum absolute atomic E-state index is 0.171. The molecule has 98 valence electrons. The molecule has 0 spiro atoms. The fourth-order valence-electron chi connectivity index (χ4n) is 2.14. The minimum atomic E-state index is -1.000. The molecule has 0 atom stereocenters. The normalized spacial score (nSPS) is 12.7. The summed E-state index contributed by atoms with van der Waals surface area (Å²) in [5, 5.41) is 13.4. The summed E-state index contributed by atoms with van der Waals surface area (Å²) in [6.45, 7) is 2.07. The number of benzene rings is 1. The summed E-state index contributed by atoms with van der Waals surface area (Å²) in [5.74, 6) is 0.289. The maximum Gasteiger partial charge on any atom is 0.339 e. The van der Waals surface area contributed by atoms with Gasteiger partial charge in [-0.25, -0.2) is 4.79 Å². The second-order valence-corrected chi connectivity index (χ2v) is 4.39. The van der Waals surface area contributed by atoms with Gasteiger partial charge >= 0.3 is 5.97 Å². The van der Waals surface area contributed by atoms with Gasteiger partial charge in [-0.05, 0) is 24.6 Å². The highest BCUT2D eigenvalue weighted by Gasteiger charge is 2.22. The van der Waals surface area contributed by atoms with Crippen LogP contribution in [0.15, 0.2) is 18.3 Å². The maximum absolute atomic E-state index is 11.2. The third-order valence-corrected chi connectivity index (χ3v) is 3.03. The van der Waals surface area contributed by atoms with Gasteiger partial charge in [-0.1, -0.05) is 0 Å². The number of nitrogens with zero attached hydrogens (tertiary/aromatic N) is 2. The Hall–Kier alpha value is -2.50. The van der Waals surface area contributed by atoms with Crippen molar-refractivity contribution < 1.29 is 19.4 Å². The van der Waals surface area contributed by atoms with E-state index in [0.717, 1.165) is 11.1 Å². The van der Waals surface area contributed by atoms with Crippen LogP contribution in [-0.2, 0) is 7.05 Å². The fraction of sp³-hybridized carbons (Fsp3) is 0.231. The standard InChI is InChI=1S/C13H12N2O4/c1-7-3-10-11(19-6-18-10)4-8(7)12-9(13(16)17)5-15(2)14-12/h3-5H,6H2,1-2H3,(H,16,17). The number of fused-ring (bicyclic) bond motifs is 1. The average Bonchev–Trinajstić information content (AvgIpc) is 2.93. The molecule has 0 aliphatic carbocycles. The molecule has 0 unspecified atom stereocenters. The lowest BCUT2D eigenvalue weighted by Gasteiger charge is -2.06. The molecule has 2 heterocycles. The highest BCUT2D eigenvalue weighted by molar-refractivity contribution is 5.95. The number of aryl methyl sites for hydroxylation is 2. The zero-order valence-corrected chi connectivity index (χ0v) is 10.5. The number of carboxylic acid groups (broad SMARTS) is 1. The molecule has 2 aromatic rings. The van der Waals surface area contributed by atoms with Crippen LogP contribution in [0.5, 0.6) is 11.5 Å². The van der Waals surface area contributed by atoms with Crippen molar-refractivity contribution in [3.63, 3.8) is 0 Å². The van der Waals surface area contributed by atoms with E-state index in [9.17, 15) is 9.90 Å². The van der Waals surface area contributed by atoms with Crippen molar-refractivity contribution in [1.82, 2.24) is 9.78 Å². The molecule has 3 rings (SSSR count). The first kappa shape index (κ1) is 11.6. The zero-order chi connectivity index (χ0) is 13.6. The van der Waals surface area contributed by atoms with E-state index in [2.05, 4.69) is 5.10 Å². The number of rotatable bonds is 2. The third kappa shape index (κ3) is 1.81. The number of carbonyl (C=O) groups is 1. The van der Waals surface area contributed by atoms with Gasteiger partial charge in [-0.2, -0.15) is 5.10 Å². The molecule has 1 aromatic carbocycles. The number of hydrogen-bond acceptors (Lipinski definition) is 4. The van der Waals surface area contributed by atoms with Crippen molar-refractivity contribution in [2.24, 2.45) is 7.05 Å². The summed E-state index contributed by atoms with van der Waals surface area (Å²) in [7, 11) is 1.69. The smallest absolute Gasteiger partial charge is 0.339 e. The first-order valence-electron chi connectivity index (χ1n) is 5.74. The maximum atomic E-state index is 11.2. The Labute approximate surface area is 109 Å². The Morgan fingerprint density at radius 1 is 1.37 bits per heavy atom. The molecule has 0 fully saturated rings. The van der Waals surface area contributed by atoms with E-state index in [4.69, 9.17) is 9.47 Å². The van der Waals surface area contributed by atoms with Crippen LogP contribution in [0.1, 0.15) is 15.9 Å². The molecule has 6 heteroatoms. The van der Waals surface area contributed by atoms with E-state index < -0.39 is 5.97 Å². The minimum Gasteiger partial charge on any atom is -0.478 e. The van der Waals surface area contributed by atoms with Gasteiger partial charge in [0.25, 0.3) is 0 Å². The van der Waals surface area contributed by atoms with Gasteiger partial charge in [0.15, 0.2) is 11.5 Å². The van der Waals surface area contributed by atoms with Crippen LogP contribution in [-0.4, -0.2) is 27.6 Å². The van der Waals surface area contributed by atoms with Crippen LogP contribution in [0.3, 0.4) is 0 Å². The lowest BCUT2D eigenvalue weighted by molar-refractivity contribution is 0.0697. The van der Waals surface area contributed by atoms with E-state index >= 15 is 0 Å². The quantitative estimate of drug-likeness (QED) is 0.891. The third-order valence-electron chi connectivity index (χ3n) is 3.03. The lowest BCUT2D eigenvalue weighted by Crippen LogP contribution is -1.97.